The van der Waals surface area contributed by atoms with E-state index in [0.29, 0.717) is 0 Å². The third-order valence-corrected chi connectivity index (χ3v) is 5.58. The smallest absolute Gasteiger partial charge is 0.140 e. The fourth-order valence-corrected chi connectivity index (χ4v) is 4.22. The summed E-state index contributed by atoms with van der Waals surface area (Å²) in [5.41, 5.74) is 5.04. The van der Waals surface area contributed by atoms with E-state index in [9.17, 15) is 5.11 Å². The molecule has 146 valence electrons. The van der Waals surface area contributed by atoms with Gasteiger partial charge in [0.2, 0.25) is 0 Å². The van der Waals surface area contributed by atoms with Crippen LogP contribution < -0.4 is 0 Å². The van der Waals surface area contributed by atoms with Crippen molar-refractivity contribution in [2.75, 3.05) is 0 Å². The first-order chi connectivity index (χ1) is 14.8. The number of fused-ring (bicyclic) bond motifs is 1. The van der Waals surface area contributed by atoms with Crippen molar-refractivity contribution >= 4 is 11.0 Å². The number of aliphatic hydroxyl groups is 1. The largest absolute Gasteiger partial charge is 0.392 e. The summed E-state index contributed by atoms with van der Waals surface area (Å²) in [6, 6.07) is 36.9. The molecule has 0 spiro atoms. The van der Waals surface area contributed by atoms with Crippen molar-refractivity contribution in [2.24, 2.45) is 0 Å². The maximum atomic E-state index is 9.73. The summed E-state index contributed by atoms with van der Waals surface area (Å²) in [5, 5.41) is 18.9. The Morgan fingerprint density at radius 1 is 0.667 bits per heavy atom. The lowest BCUT2D eigenvalue weighted by atomic mass is 9.77. The fraction of sp³-hybridized carbons (Fsp3) is 0.0769. The van der Waals surface area contributed by atoms with Crippen LogP contribution in [0.3, 0.4) is 0 Å². The topological polar surface area (TPSA) is 50.9 Å². The average Bonchev–Trinajstić information content (AvgIpc) is 3.25. The highest BCUT2D eigenvalue weighted by atomic mass is 16.3. The lowest BCUT2D eigenvalue weighted by Gasteiger charge is -2.36. The van der Waals surface area contributed by atoms with Crippen LogP contribution in [0.15, 0.2) is 109 Å². The van der Waals surface area contributed by atoms with Gasteiger partial charge in [-0.1, -0.05) is 102 Å². The van der Waals surface area contributed by atoms with Gasteiger partial charge >= 0.3 is 0 Å². The third-order valence-electron chi connectivity index (χ3n) is 5.58. The molecule has 1 aromatic heterocycles. The van der Waals surface area contributed by atoms with E-state index in [1.807, 2.05) is 77.5 Å². The van der Waals surface area contributed by atoms with Crippen LogP contribution in [0.1, 0.15) is 22.3 Å². The van der Waals surface area contributed by atoms with Crippen LogP contribution >= 0.6 is 0 Å². The van der Waals surface area contributed by atoms with E-state index in [1.165, 1.54) is 0 Å². The van der Waals surface area contributed by atoms with Crippen molar-refractivity contribution in [2.45, 2.75) is 12.1 Å². The Morgan fingerprint density at radius 3 is 1.63 bits per heavy atom. The van der Waals surface area contributed by atoms with E-state index in [-0.39, 0.29) is 6.61 Å². The Balaban J connectivity index is 1.95. The van der Waals surface area contributed by atoms with Gasteiger partial charge in [-0.3, -0.25) is 0 Å². The molecule has 0 radical (unpaired) electrons. The molecule has 5 aromatic rings. The minimum atomic E-state index is -0.716. The maximum Gasteiger partial charge on any atom is 0.140 e. The van der Waals surface area contributed by atoms with E-state index >= 15 is 0 Å². The quantitative estimate of drug-likeness (QED) is 0.439. The second-order valence-corrected chi connectivity index (χ2v) is 7.29. The maximum absolute atomic E-state index is 9.73. The van der Waals surface area contributed by atoms with E-state index in [4.69, 9.17) is 0 Å². The summed E-state index contributed by atoms with van der Waals surface area (Å²) in [5.74, 6) is 0. The Labute approximate surface area is 175 Å². The Kier molecular flexibility index (Phi) is 4.62. The van der Waals surface area contributed by atoms with Gasteiger partial charge in [0.25, 0.3) is 0 Å². The normalized spacial score (nSPS) is 11.6. The van der Waals surface area contributed by atoms with E-state index in [2.05, 4.69) is 46.7 Å². The van der Waals surface area contributed by atoms with Gasteiger partial charge in [0, 0.05) is 0 Å². The molecular formula is C26H21N3O. The van der Waals surface area contributed by atoms with Crippen molar-refractivity contribution in [1.82, 2.24) is 15.0 Å². The number of rotatable bonds is 5. The Bertz CT molecular complexity index is 1170. The minimum absolute atomic E-state index is 0.0316. The molecule has 4 nitrogen and oxygen atoms in total. The molecule has 30 heavy (non-hydrogen) atoms. The van der Waals surface area contributed by atoms with Crippen LogP contribution in [-0.2, 0) is 12.1 Å². The summed E-state index contributed by atoms with van der Waals surface area (Å²) in [4.78, 5) is 0. The molecule has 1 heterocycles. The predicted molar refractivity (Wildman–Crippen MR) is 118 cm³/mol. The van der Waals surface area contributed by atoms with Gasteiger partial charge in [-0.15, -0.1) is 5.10 Å². The van der Waals surface area contributed by atoms with Crippen LogP contribution in [0.5, 0.6) is 0 Å². The highest BCUT2D eigenvalue weighted by molar-refractivity contribution is 5.76. The molecule has 0 amide bonds. The van der Waals surface area contributed by atoms with Crippen molar-refractivity contribution in [3.8, 4) is 0 Å². The molecule has 4 aromatic carbocycles. The van der Waals surface area contributed by atoms with Gasteiger partial charge in [-0.25, -0.2) is 4.68 Å². The minimum Gasteiger partial charge on any atom is -0.392 e. The second-order valence-electron chi connectivity index (χ2n) is 7.29. The first kappa shape index (κ1) is 18.3. The number of hydrogen-bond acceptors (Lipinski definition) is 3. The lowest BCUT2D eigenvalue weighted by Crippen LogP contribution is -2.38. The van der Waals surface area contributed by atoms with Crippen LogP contribution in [0, 0.1) is 0 Å². The molecule has 5 rings (SSSR count). The Morgan fingerprint density at radius 2 is 1.17 bits per heavy atom. The van der Waals surface area contributed by atoms with Crippen LogP contribution in [0.25, 0.3) is 11.0 Å². The van der Waals surface area contributed by atoms with Gasteiger partial charge < -0.3 is 5.11 Å². The Hall–Kier alpha value is -3.76. The van der Waals surface area contributed by atoms with Crippen molar-refractivity contribution in [3.63, 3.8) is 0 Å². The molecule has 0 saturated carbocycles. The SMILES string of the molecule is OCc1ccc2nnn(C(c3ccccc3)(c3ccccc3)c3ccccc3)c2c1. The standard InChI is InChI=1S/C26H21N3O/c30-19-20-16-17-24-25(18-20)29(28-27-24)26(21-10-4-1-5-11-21,22-12-6-2-7-13-22)23-14-8-3-9-15-23/h1-18,30H,19H2. The van der Waals surface area contributed by atoms with Crippen molar-refractivity contribution in [3.05, 3.63) is 131 Å². The van der Waals surface area contributed by atoms with Gasteiger partial charge in [0.05, 0.1) is 12.1 Å². The molecule has 0 unspecified atom stereocenters. The number of aromatic nitrogens is 3. The van der Waals surface area contributed by atoms with Gasteiger partial charge in [0.1, 0.15) is 11.1 Å². The zero-order chi connectivity index (χ0) is 20.4. The molecule has 4 heteroatoms. The van der Waals surface area contributed by atoms with E-state index in [1.54, 1.807) is 0 Å². The van der Waals surface area contributed by atoms with E-state index in [0.717, 1.165) is 33.3 Å². The van der Waals surface area contributed by atoms with Crippen LogP contribution in [-0.4, -0.2) is 20.1 Å². The molecule has 0 aliphatic heterocycles. The van der Waals surface area contributed by atoms with Crippen molar-refractivity contribution in [1.29, 1.82) is 0 Å². The van der Waals surface area contributed by atoms with Crippen molar-refractivity contribution < 1.29 is 5.11 Å². The zero-order valence-electron chi connectivity index (χ0n) is 16.4. The highest BCUT2D eigenvalue weighted by Gasteiger charge is 2.40. The fourth-order valence-electron chi connectivity index (χ4n) is 4.22. The monoisotopic (exact) mass is 391 g/mol. The van der Waals surface area contributed by atoms with Gasteiger partial charge in [0.15, 0.2) is 0 Å². The highest BCUT2D eigenvalue weighted by Crippen LogP contribution is 2.41. The summed E-state index contributed by atoms with van der Waals surface area (Å²) in [6.07, 6.45) is 0. The molecule has 0 fully saturated rings. The molecule has 1 N–H and O–H groups in total. The van der Waals surface area contributed by atoms with Gasteiger partial charge in [-0.2, -0.15) is 0 Å². The molecular weight excluding hydrogens is 370 g/mol. The predicted octanol–water partition coefficient (Wildman–Crippen LogP) is 4.76. The van der Waals surface area contributed by atoms with Crippen LogP contribution in [0.2, 0.25) is 0 Å². The lowest BCUT2D eigenvalue weighted by molar-refractivity contribution is 0.282. The van der Waals surface area contributed by atoms with E-state index < -0.39 is 5.54 Å². The zero-order valence-corrected chi connectivity index (χ0v) is 16.4. The molecule has 0 bridgehead atoms. The summed E-state index contributed by atoms with van der Waals surface area (Å²) in [7, 11) is 0. The second kappa shape index (κ2) is 7.58. The molecule has 0 aliphatic rings. The molecule has 0 aliphatic carbocycles. The number of nitrogens with zero attached hydrogens (tertiary/aromatic N) is 3. The number of hydrogen-bond donors (Lipinski definition) is 1. The first-order valence-electron chi connectivity index (χ1n) is 9.96. The average molecular weight is 391 g/mol. The first-order valence-corrected chi connectivity index (χ1v) is 9.96. The number of benzene rings is 4. The summed E-state index contributed by atoms with van der Waals surface area (Å²) < 4.78 is 1.99. The summed E-state index contributed by atoms with van der Waals surface area (Å²) >= 11 is 0. The van der Waals surface area contributed by atoms with Crippen LogP contribution in [0.4, 0.5) is 0 Å². The number of aliphatic hydroxyl groups excluding tert-OH is 1. The summed E-state index contributed by atoms with van der Waals surface area (Å²) in [6.45, 7) is -0.0316. The molecule has 0 atom stereocenters. The van der Waals surface area contributed by atoms with Gasteiger partial charge in [-0.05, 0) is 34.4 Å². The molecule has 0 saturated heterocycles. The third kappa shape index (κ3) is 2.81.